The van der Waals surface area contributed by atoms with E-state index in [-0.39, 0.29) is 30.9 Å². The fourth-order valence-electron chi connectivity index (χ4n) is 3.50. The second kappa shape index (κ2) is 11.8. The van der Waals surface area contributed by atoms with E-state index in [2.05, 4.69) is 15.6 Å². The Hall–Kier alpha value is -3.91. The van der Waals surface area contributed by atoms with Crippen LogP contribution in [-0.4, -0.2) is 56.1 Å². The summed E-state index contributed by atoms with van der Waals surface area (Å²) in [7, 11) is 4.94. The Labute approximate surface area is 199 Å². The minimum atomic E-state index is -0.372. The number of aryl methyl sites for hydroxylation is 1. The van der Waals surface area contributed by atoms with E-state index in [1.807, 2.05) is 67.6 Å². The van der Waals surface area contributed by atoms with Gasteiger partial charge < -0.3 is 20.1 Å². The minimum absolute atomic E-state index is 0.0531. The lowest BCUT2D eigenvalue weighted by Gasteiger charge is -2.22. The van der Waals surface area contributed by atoms with Gasteiger partial charge in [-0.2, -0.15) is 0 Å². The summed E-state index contributed by atoms with van der Waals surface area (Å²) in [6.45, 7) is 1.96. The van der Waals surface area contributed by atoms with Crippen LogP contribution in [0.1, 0.15) is 22.9 Å². The summed E-state index contributed by atoms with van der Waals surface area (Å²) in [4.78, 5) is 31.2. The largest absolute Gasteiger partial charge is 0.497 e. The van der Waals surface area contributed by atoms with Gasteiger partial charge in [-0.3, -0.25) is 14.5 Å². The zero-order valence-electron chi connectivity index (χ0n) is 19.9. The van der Waals surface area contributed by atoms with Crippen LogP contribution in [0.2, 0.25) is 0 Å². The highest BCUT2D eigenvalue weighted by molar-refractivity contribution is 5.91. The summed E-state index contributed by atoms with van der Waals surface area (Å²) < 4.78 is 10.5. The third-order valence-electron chi connectivity index (χ3n) is 5.19. The van der Waals surface area contributed by atoms with Gasteiger partial charge >= 0.3 is 0 Å². The lowest BCUT2D eigenvalue weighted by atomic mass is 9.98. The zero-order valence-corrected chi connectivity index (χ0v) is 19.9. The van der Waals surface area contributed by atoms with E-state index in [1.165, 1.54) is 0 Å². The van der Waals surface area contributed by atoms with Crippen LogP contribution in [0.5, 0.6) is 11.5 Å². The molecule has 0 spiro atoms. The summed E-state index contributed by atoms with van der Waals surface area (Å²) in [6, 6.07) is 20.1. The average molecular weight is 463 g/mol. The predicted octanol–water partition coefficient (Wildman–Crippen LogP) is 3.18. The van der Waals surface area contributed by atoms with Gasteiger partial charge in [0.25, 0.3) is 0 Å². The second-order valence-corrected chi connectivity index (χ2v) is 7.93. The van der Waals surface area contributed by atoms with Crippen molar-refractivity contribution in [3.05, 3.63) is 83.6 Å². The number of rotatable bonds is 10. The van der Waals surface area contributed by atoms with Gasteiger partial charge in [0, 0.05) is 5.69 Å². The fourth-order valence-corrected chi connectivity index (χ4v) is 3.50. The molecule has 2 amide bonds. The molecule has 178 valence electrons. The van der Waals surface area contributed by atoms with Gasteiger partial charge in [-0.1, -0.05) is 30.3 Å². The molecule has 1 heterocycles. The zero-order chi connectivity index (χ0) is 24.5. The number of hydrogen-bond acceptors (Lipinski definition) is 6. The van der Waals surface area contributed by atoms with Crippen molar-refractivity contribution in [2.75, 3.05) is 39.7 Å². The number of carbonyl (C=O) groups is 2. The van der Waals surface area contributed by atoms with Crippen molar-refractivity contribution in [3.8, 4) is 11.5 Å². The number of methoxy groups -OCH3 is 2. The third kappa shape index (κ3) is 7.05. The lowest BCUT2D eigenvalue weighted by Crippen LogP contribution is -2.40. The molecule has 2 N–H and O–H groups in total. The maximum Gasteiger partial charge on any atom is 0.239 e. The van der Waals surface area contributed by atoms with Crippen LogP contribution in [0.4, 0.5) is 5.82 Å². The SMILES string of the molecule is COc1ccc(C(NC(=O)CN(C)CC(=O)Nc2cccc(C)n2)c2ccc(OC)cc2)cc1. The van der Waals surface area contributed by atoms with Crippen LogP contribution in [0.3, 0.4) is 0 Å². The Kier molecular flexibility index (Phi) is 8.59. The topological polar surface area (TPSA) is 92.8 Å². The number of pyridine rings is 1. The summed E-state index contributed by atoms with van der Waals surface area (Å²) in [5.74, 6) is 1.51. The molecule has 0 atom stereocenters. The molecule has 2 aromatic carbocycles. The minimum Gasteiger partial charge on any atom is -0.497 e. The molecule has 0 unspecified atom stereocenters. The number of nitrogens with one attached hydrogen (secondary N) is 2. The number of carbonyl (C=O) groups excluding carboxylic acids is 2. The standard InChI is InChI=1S/C26H30N4O4/c1-18-6-5-7-23(27-18)28-24(31)16-30(2)17-25(32)29-26(19-8-12-21(33-3)13-9-19)20-10-14-22(34-4)15-11-20/h5-15,26H,16-17H2,1-4H3,(H,29,32)(H,27,28,31). The smallest absolute Gasteiger partial charge is 0.239 e. The first-order chi connectivity index (χ1) is 16.4. The number of aromatic nitrogens is 1. The van der Waals surface area contributed by atoms with Gasteiger partial charge in [0.1, 0.15) is 17.3 Å². The van der Waals surface area contributed by atoms with Gasteiger partial charge in [0.2, 0.25) is 11.8 Å². The summed E-state index contributed by atoms with van der Waals surface area (Å²) in [6.07, 6.45) is 0. The third-order valence-corrected chi connectivity index (χ3v) is 5.19. The van der Waals surface area contributed by atoms with Crippen molar-refractivity contribution in [1.29, 1.82) is 0 Å². The number of ether oxygens (including phenoxy) is 2. The van der Waals surface area contributed by atoms with Crippen LogP contribution in [-0.2, 0) is 9.59 Å². The molecule has 8 nitrogen and oxygen atoms in total. The molecule has 0 aliphatic rings. The molecule has 34 heavy (non-hydrogen) atoms. The molecule has 0 radical (unpaired) electrons. The quantitative estimate of drug-likeness (QED) is 0.481. The van der Waals surface area contributed by atoms with Crippen LogP contribution in [0.25, 0.3) is 0 Å². The predicted molar refractivity (Wildman–Crippen MR) is 131 cm³/mol. The number of likely N-dealkylation sites (N-methyl/N-ethyl adjacent to an activating group) is 1. The molecular formula is C26H30N4O4. The van der Waals surface area contributed by atoms with E-state index in [4.69, 9.17) is 9.47 Å². The summed E-state index contributed by atoms with van der Waals surface area (Å²) in [5.41, 5.74) is 2.63. The normalized spacial score (nSPS) is 10.8. The monoisotopic (exact) mass is 462 g/mol. The van der Waals surface area contributed by atoms with Gasteiger partial charge in [0.05, 0.1) is 33.4 Å². The van der Waals surface area contributed by atoms with E-state index >= 15 is 0 Å². The molecule has 0 saturated heterocycles. The maximum absolute atomic E-state index is 12.9. The van der Waals surface area contributed by atoms with Crippen molar-refractivity contribution < 1.29 is 19.1 Å². The van der Waals surface area contributed by atoms with E-state index in [0.29, 0.717) is 5.82 Å². The van der Waals surface area contributed by atoms with Gasteiger partial charge in [-0.05, 0) is 61.5 Å². The van der Waals surface area contributed by atoms with E-state index in [9.17, 15) is 9.59 Å². The molecule has 0 saturated carbocycles. The average Bonchev–Trinajstić information content (AvgIpc) is 2.82. The molecule has 3 rings (SSSR count). The van der Waals surface area contributed by atoms with Crippen LogP contribution < -0.4 is 20.1 Å². The highest BCUT2D eigenvalue weighted by Gasteiger charge is 2.19. The first-order valence-corrected chi connectivity index (χ1v) is 10.9. The van der Waals surface area contributed by atoms with Crippen molar-refractivity contribution in [2.45, 2.75) is 13.0 Å². The molecule has 1 aromatic heterocycles. The van der Waals surface area contributed by atoms with Crippen molar-refractivity contribution in [3.63, 3.8) is 0 Å². The highest BCUT2D eigenvalue weighted by Crippen LogP contribution is 2.26. The highest BCUT2D eigenvalue weighted by atomic mass is 16.5. The second-order valence-electron chi connectivity index (χ2n) is 7.93. The van der Waals surface area contributed by atoms with Crippen molar-refractivity contribution >= 4 is 17.6 Å². The Morgan fingerprint density at radius 1 is 0.853 bits per heavy atom. The first kappa shape index (κ1) is 24.7. The van der Waals surface area contributed by atoms with Crippen molar-refractivity contribution in [2.24, 2.45) is 0 Å². The van der Waals surface area contributed by atoms with Crippen LogP contribution >= 0.6 is 0 Å². The number of benzene rings is 2. The van der Waals surface area contributed by atoms with E-state index in [0.717, 1.165) is 28.3 Å². The summed E-state index contributed by atoms with van der Waals surface area (Å²) in [5, 5.41) is 5.83. The number of hydrogen-bond donors (Lipinski definition) is 2. The van der Waals surface area contributed by atoms with Crippen LogP contribution in [0.15, 0.2) is 66.7 Å². The Bertz CT molecular complexity index is 1050. The molecule has 0 aliphatic carbocycles. The number of anilines is 1. The lowest BCUT2D eigenvalue weighted by molar-refractivity contribution is -0.123. The Morgan fingerprint density at radius 3 is 1.88 bits per heavy atom. The molecule has 0 fully saturated rings. The fraction of sp³-hybridized carbons (Fsp3) is 0.269. The van der Waals surface area contributed by atoms with Gasteiger partial charge in [-0.15, -0.1) is 0 Å². The molecule has 8 heteroatoms. The van der Waals surface area contributed by atoms with Crippen LogP contribution in [0, 0.1) is 6.92 Å². The number of nitrogens with zero attached hydrogens (tertiary/aromatic N) is 2. The molecular weight excluding hydrogens is 432 g/mol. The van der Waals surface area contributed by atoms with Crippen molar-refractivity contribution in [1.82, 2.24) is 15.2 Å². The van der Waals surface area contributed by atoms with E-state index < -0.39 is 0 Å². The van der Waals surface area contributed by atoms with Gasteiger partial charge in [0.15, 0.2) is 0 Å². The Balaban J connectivity index is 1.65. The first-order valence-electron chi connectivity index (χ1n) is 10.9. The molecule has 3 aromatic rings. The number of amides is 2. The Morgan fingerprint density at radius 2 is 1.38 bits per heavy atom. The molecule has 0 aliphatic heterocycles. The van der Waals surface area contributed by atoms with Gasteiger partial charge in [-0.25, -0.2) is 4.98 Å². The molecule has 0 bridgehead atoms. The van der Waals surface area contributed by atoms with E-state index in [1.54, 1.807) is 32.2 Å². The summed E-state index contributed by atoms with van der Waals surface area (Å²) >= 11 is 0. The maximum atomic E-state index is 12.9.